The highest BCUT2D eigenvalue weighted by molar-refractivity contribution is 5.46. The Balaban J connectivity index is 1.42. The summed E-state index contributed by atoms with van der Waals surface area (Å²) in [5, 5.41) is 13.1. The molecule has 6 nitrogen and oxygen atoms in total. The van der Waals surface area contributed by atoms with Crippen LogP contribution in [-0.2, 0) is 6.42 Å². The molecular formula is C21H37N5O. The van der Waals surface area contributed by atoms with Crippen molar-refractivity contribution in [3.63, 3.8) is 0 Å². The number of nitrogens with one attached hydrogen (secondary N) is 1. The van der Waals surface area contributed by atoms with Gasteiger partial charge in [-0.25, -0.2) is 9.97 Å². The third-order valence-corrected chi connectivity index (χ3v) is 6.00. The van der Waals surface area contributed by atoms with Crippen LogP contribution < -0.4 is 10.2 Å². The Morgan fingerprint density at radius 1 is 1.22 bits per heavy atom. The molecule has 2 N–H and O–H groups in total. The maximum absolute atomic E-state index is 9.37. The first kappa shape index (κ1) is 20.5. The molecule has 3 heterocycles. The lowest BCUT2D eigenvalue weighted by molar-refractivity contribution is 0.120. The van der Waals surface area contributed by atoms with Crippen LogP contribution in [-0.4, -0.2) is 71.9 Å². The Bertz CT molecular complexity index is 574. The highest BCUT2D eigenvalue weighted by Gasteiger charge is 2.23. The molecule has 2 aliphatic rings. The lowest BCUT2D eigenvalue weighted by atomic mass is 9.99. The molecule has 0 amide bonds. The van der Waals surface area contributed by atoms with Gasteiger partial charge in [0.05, 0.1) is 0 Å². The lowest BCUT2D eigenvalue weighted by Crippen LogP contribution is -2.46. The number of aromatic nitrogens is 2. The van der Waals surface area contributed by atoms with Gasteiger partial charge in [-0.3, -0.25) is 0 Å². The number of hydrogen-bond acceptors (Lipinski definition) is 6. The maximum atomic E-state index is 9.37. The minimum atomic E-state index is 0.338. The van der Waals surface area contributed by atoms with Crippen molar-refractivity contribution in [3.05, 3.63) is 17.6 Å². The van der Waals surface area contributed by atoms with Gasteiger partial charge in [-0.1, -0.05) is 13.3 Å². The molecule has 152 valence electrons. The van der Waals surface area contributed by atoms with E-state index in [-0.39, 0.29) is 0 Å². The summed E-state index contributed by atoms with van der Waals surface area (Å²) in [5.41, 5.74) is 1.29. The summed E-state index contributed by atoms with van der Waals surface area (Å²) >= 11 is 0. The van der Waals surface area contributed by atoms with Gasteiger partial charge >= 0.3 is 0 Å². The van der Waals surface area contributed by atoms with Crippen LogP contribution in [0.15, 0.2) is 6.20 Å². The zero-order chi connectivity index (χ0) is 19.1. The van der Waals surface area contributed by atoms with E-state index in [0.29, 0.717) is 18.6 Å². The number of piperidine rings is 2. The van der Waals surface area contributed by atoms with Gasteiger partial charge in [0.15, 0.2) is 0 Å². The summed E-state index contributed by atoms with van der Waals surface area (Å²) in [4.78, 5) is 14.1. The molecule has 1 atom stereocenters. The van der Waals surface area contributed by atoms with Gasteiger partial charge in [0, 0.05) is 57.1 Å². The Hall–Kier alpha value is -1.24. The van der Waals surface area contributed by atoms with E-state index < -0.39 is 0 Å². The third-order valence-electron chi connectivity index (χ3n) is 6.00. The van der Waals surface area contributed by atoms with E-state index in [1.807, 2.05) is 13.1 Å². The van der Waals surface area contributed by atoms with E-state index in [2.05, 4.69) is 27.0 Å². The van der Waals surface area contributed by atoms with Crippen LogP contribution in [0.4, 0.5) is 5.82 Å². The van der Waals surface area contributed by atoms with Crippen LogP contribution in [0.25, 0.3) is 0 Å². The van der Waals surface area contributed by atoms with Crippen LogP contribution in [0.5, 0.6) is 0 Å². The average molecular weight is 376 g/mol. The molecule has 2 saturated heterocycles. The Morgan fingerprint density at radius 3 is 2.78 bits per heavy atom. The maximum Gasteiger partial charge on any atom is 0.135 e. The first-order valence-corrected chi connectivity index (χ1v) is 10.8. The highest BCUT2D eigenvalue weighted by Crippen LogP contribution is 2.23. The molecule has 0 bridgehead atoms. The van der Waals surface area contributed by atoms with Gasteiger partial charge in [-0.15, -0.1) is 0 Å². The van der Waals surface area contributed by atoms with Crippen molar-refractivity contribution in [2.75, 3.05) is 50.8 Å². The van der Waals surface area contributed by atoms with Crippen molar-refractivity contribution < 1.29 is 5.11 Å². The molecule has 1 aromatic heterocycles. The topological polar surface area (TPSA) is 64.5 Å². The second-order valence-electron chi connectivity index (χ2n) is 8.22. The fourth-order valence-electron chi connectivity index (χ4n) is 4.43. The van der Waals surface area contributed by atoms with Gasteiger partial charge in [-0.2, -0.15) is 0 Å². The first-order valence-electron chi connectivity index (χ1n) is 10.8. The molecule has 0 aromatic carbocycles. The number of rotatable bonds is 8. The van der Waals surface area contributed by atoms with Crippen LogP contribution in [0.1, 0.15) is 50.4 Å². The number of aliphatic hydroxyl groups excluding tert-OH is 1. The predicted octanol–water partition coefficient (Wildman–Crippen LogP) is 2.00. The van der Waals surface area contributed by atoms with E-state index in [4.69, 9.17) is 4.98 Å². The molecule has 0 saturated carbocycles. The van der Waals surface area contributed by atoms with E-state index in [9.17, 15) is 5.11 Å². The number of aliphatic hydroxyl groups is 1. The van der Waals surface area contributed by atoms with Crippen molar-refractivity contribution >= 4 is 5.82 Å². The smallest absolute Gasteiger partial charge is 0.135 e. The summed E-state index contributed by atoms with van der Waals surface area (Å²) in [5.74, 6) is 2.51. The minimum absolute atomic E-state index is 0.338. The van der Waals surface area contributed by atoms with E-state index >= 15 is 0 Å². The summed E-state index contributed by atoms with van der Waals surface area (Å²) in [7, 11) is 0. The number of anilines is 1. The SMILES string of the molecule is CCCc1cnc(C)nc1N1CCC(NCCN2CCC[C@H](CO)C2)CC1. The molecule has 0 radical (unpaired) electrons. The monoisotopic (exact) mass is 375 g/mol. The molecule has 2 fully saturated rings. The molecule has 0 aliphatic carbocycles. The zero-order valence-electron chi connectivity index (χ0n) is 17.2. The average Bonchev–Trinajstić information content (AvgIpc) is 2.70. The molecule has 1 aromatic rings. The number of nitrogens with zero attached hydrogens (tertiary/aromatic N) is 4. The van der Waals surface area contributed by atoms with Crippen molar-refractivity contribution in [1.29, 1.82) is 0 Å². The Kier molecular flexibility index (Phi) is 7.85. The highest BCUT2D eigenvalue weighted by atomic mass is 16.3. The van der Waals surface area contributed by atoms with Crippen LogP contribution >= 0.6 is 0 Å². The minimum Gasteiger partial charge on any atom is -0.396 e. The van der Waals surface area contributed by atoms with Gasteiger partial charge in [0.1, 0.15) is 11.6 Å². The van der Waals surface area contributed by atoms with Gasteiger partial charge in [-0.05, 0) is 51.5 Å². The van der Waals surface area contributed by atoms with Crippen LogP contribution in [0.3, 0.4) is 0 Å². The number of hydrogen-bond donors (Lipinski definition) is 2. The summed E-state index contributed by atoms with van der Waals surface area (Å²) < 4.78 is 0. The van der Waals surface area contributed by atoms with Gasteiger partial charge in [0.2, 0.25) is 0 Å². The Morgan fingerprint density at radius 2 is 2.04 bits per heavy atom. The van der Waals surface area contributed by atoms with Gasteiger partial charge in [0.25, 0.3) is 0 Å². The summed E-state index contributed by atoms with van der Waals surface area (Å²) in [6, 6.07) is 0.609. The second kappa shape index (κ2) is 10.3. The number of likely N-dealkylation sites (tertiary alicyclic amines) is 1. The molecule has 2 aliphatic heterocycles. The van der Waals surface area contributed by atoms with E-state index in [0.717, 1.165) is 57.2 Å². The third kappa shape index (κ3) is 5.87. The normalized spacial score (nSPS) is 22.3. The lowest BCUT2D eigenvalue weighted by Gasteiger charge is -2.35. The van der Waals surface area contributed by atoms with Crippen molar-refractivity contribution in [3.8, 4) is 0 Å². The quantitative estimate of drug-likeness (QED) is 0.725. The van der Waals surface area contributed by atoms with Crippen molar-refractivity contribution in [2.24, 2.45) is 5.92 Å². The Labute approximate surface area is 164 Å². The molecule has 6 heteroatoms. The molecule has 0 unspecified atom stereocenters. The first-order chi connectivity index (χ1) is 13.2. The van der Waals surface area contributed by atoms with Crippen molar-refractivity contribution in [2.45, 2.75) is 58.4 Å². The molecule has 3 rings (SSSR count). The fourth-order valence-corrected chi connectivity index (χ4v) is 4.43. The molecule has 27 heavy (non-hydrogen) atoms. The largest absolute Gasteiger partial charge is 0.396 e. The van der Waals surface area contributed by atoms with E-state index in [1.165, 1.54) is 37.8 Å². The van der Waals surface area contributed by atoms with Crippen LogP contribution in [0, 0.1) is 12.8 Å². The van der Waals surface area contributed by atoms with Gasteiger partial charge < -0.3 is 20.2 Å². The molecular weight excluding hydrogens is 338 g/mol. The standard InChI is InChI=1S/C21H37N5O/c1-3-5-19-14-23-17(2)24-21(19)26-11-7-20(8-12-26)22-9-13-25-10-4-6-18(15-25)16-27/h14,18,20,22,27H,3-13,15-16H2,1-2H3/t18-/m0/s1. The molecule has 0 spiro atoms. The number of aryl methyl sites for hydroxylation is 2. The summed E-state index contributed by atoms with van der Waals surface area (Å²) in [6.45, 7) is 11.1. The predicted molar refractivity (Wildman–Crippen MR) is 110 cm³/mol. The van der Waals surface area contributed by atoms with Crippen LogP contribution in [0.2, 0.25) is 0 Å². The van der Waals surface area contributed by atoms with Crippen molar-refractivity contribution in [1.82, 2.24) is 20.2 Å². The van der Waals surface area contributed by atoms with E-state index in [1.54, 1.807) is 0 Å². The zero-order valence-corrected chi connectivity index (χ0v) is 17.2. The fraction of sp³-hybridized carbons (Fsp3) is 0.810. The summed E-state index contributed by atoms with van der Waals surface area (Å²) in [6.07, 6.45) is 8.96. The second-order valence-corrected chi connectivity index (χ2v) is 8.22.